The Hall–Kier alpha value is -3.23. The van der Waals surface area contributed by atoms with Gasteiger partial charge in [0.25, 0.3) is 11.5 Å². The number of aromatic amines is 1. The van der Waals surface area contributed by atoms with Gasteiger partial charge < -0.3 is 19.6 Å². The van der Waals surface area contributed by atoms with Crippen LogP contribution in [0, 0.1) is 0 Å². The lowest BCUT2D eigenvalue weighted by Gasteiger charge is -2.26. The van der Waals surface area contributed by atoms with Gasteiger partial charge in [-0.05, 0) is 43.0 Å². The van der Waals surface area contributed by atoms with Gasteiger partial charge in [-0.3, -0.25) is 19.5 Å². The van der Waals surface area contributed by atoms with E-state index in [0.29, 0.717) is 12.1 Å². The van der Waals surface area contributed by atoms with Crippen LogP contribution in [0.15, 0.2) is 47.7 Å². The summed E-state index contributed by atoms with van der Waals surface area (Å²) in [6.45, 7) is 4.54. The molecule has 3 aromatic heterocycles. The lowest BCUT2D eigenvalue weighted by atomic mass is 10.0. The molecule has 0 unspecified atom stereocenters. The van der Waals surface area contributed by atoms with E-state index in [4.69, 9.17) is 4.74 Å². The van der Waals surface area contributed by atoms with Crippen molar-refractivity contribution in [2.45, 2.75) is 25.8 Å². The summed E-state index contributed by atoms with van der Waals surface area (Å²) in [5.74, 6) is -0.302. The van der Waals surface area contributed by atoms with Gasteiger partial charge in [-0.25, -0.2) is 0 Å². The topological polar surface area (TPSA) is 92.2 Å². The van der Waals surface area contributed by atoms with Crippen molar-refractivity contribution in [2.24, 2.45) is 0 Å². The van der Waals surface area contributed by atoms with Crippen LogP contribution < -0.4 is 10.9 Å². The van der Waals surface area contributed by atoms with E-state index in [2.05, 4.69) is 26.3 Å². The zero-order valence-electron chi connectivity index (χ0n) is 18.0. The molecule has 0 spiro atoms. The van der Waals surface area contributed by atoms with Crippen LogP contribution in [0.25, 0.3) is 11.3 Å². The highest BCUT2D eigenvalue weighted by molar-refractivity contribution is 6.09. The molecule has 8 nitrogen and oxygen atoms in total. The van der Waals surface area contributed by atoms with E-state index in [1.165, 1.54) is 0 Å². The van der Waals surface area contributed by atoms with Crippen molar-refractivity contribution in [3.05, 3.63) is 70.0 Å². The number of H-pyrrole nitrogens is 1. The molecule has 2 N–H and O–H groups in total. The molecule has 0 radical (unpaired) electrons. The predicted octanol–water partition coefficient (Wildman–Crippen LogP) is 2.31. The van der Waals surface area contributed by atoms with Crippen LogP contribution in [0.5, 0.6) is 0 Å². The maximum absolute atomic E-state index is 13.2. The number of hydrogen-bond donors (Lipinski definition) is 2. The highest BCUT2D eigenvalue weighted by Gasteiger charge is 2.24. The number of amides is 1. The van der Waals surface area contributed by atoms with Crippen LogP contribution in [-0.2, 0) is 24.1 Å². The first-order valence-corrected chi connectivity index (χ1v) is 11.2. The SMILES string of the molecule is O=C(Nc1cccn(CCN2CCOCC2)c1=O)c1c[nH]c2c1-c1ncccc1CCC2. The molecule has 2 aliphatic rings. The lowest BCUT2D eigenvalue weighted by Crippen LogP contribution is -2.39. The molecule has 1 aliphatic heterocycles. The van der Waals surface area contributed by atoms with Crippen LogP contribution >= 0.6 is 0 Å². The fraction of sp³-hybridized carbons (Fsp3) is 0.375. The molecule has 1 saturated heterocycles. The number of hydrogen-bond acceptors (Lipinski definition) is 5. The van der Waals surface area contributed by atoms with Crippen LogP contribution in [0.3, 0.4) is 0 Å². The van der Waals surface area contributed by atoms with E-state index in [1.54, 1.807) is 35.3 Å². The maximum atomic E-state index is 13.2. The van der Waals surface area contributed by atoms with Gasteiger partial charge >= 0.3 is 0 Å². The number of morpholine rings is 1. The molecule has 8 heteroatoms. The number of carbonyl (C=O) groups is 1. The zero-order valence-corrected chi connectivity index (χ0v) is 18.0. The number of fused-ring (bicyclic) bond motifs is 3. The first-order valence-electron chi connectivity index (χ1n) is 11.2. The molecule has 1 amide bonds. The van der Waals surface area contributed by atoms with Crippen molar-refractivity contribution >= 4 is 11.6 Å². The number of pyridine rings is 2. The highest BCUT2D eigenvalue weighted by atomic mass is 16.5. The molecular weight excluding hydrogens is 406 g/mol. The van der Waals surface area contributed by atoms with Gasteiger partial charge in [-0.15, -0.1) is 0 Å². The Labute approximate surface area is 186 Å². The van der Waals surface area contributed by atoms with Gasteiger partial charge in [0.2, 0.25) is 0 Å². The minimum Gasteiger partial charge on any atom is -0.379 e. The number of carbonyl (C=O) groups excluding carboxylic acids is 1. The van der Waals surface area contributed by atoms with Gasteiger partial charge in [0.15, 0.2) is 0 Å². The third-order valence-corrected chi connectivity index (χ3v) is 6.24. The average molecular weight is 434 g/mol. The van der Waals surface area contributed by atoms with E-state index < -0.39 is 0 Å². The molecule has 5 rings (SSSR count). The van der Waals surface area contributed by atoms with Crippen molar-refractivity contribution in [1.29, 1.82) is 0 Å². The maximum Gasteiger partial charge on any atom is 0.274 e. The summed E-state index contributed by atoms with van der Waals surface area (Å²) in [7, 11) is 0. The van der Waals surface area contributed by atoms with Crippen molar-refractivity contribution in [3.63, 3.8) is 0 Å². The highest BCUT2D eigenvalue weighted by Crippen LogP contribution is 2.33. The molecule has 32 heavy (non-hydrogen) atoms. The number of anilines is 1. The summed E-state index contributed by atoms with van der Waals surface area (Å²) in [5, 5.41) is 2.84. The summed E-state index contributed by atoms with van der Waals surface area (Å²) < 4.78 is 7.03. The minimum atomic E-state index is -0.302. The third kappa shape index (κ3) is 4.11. The van der Waals surface area contributed by atoms with E-state index in [1.807, 2.05) is 6.07 Å². The number of nitrogens with one attached hydrogen (secondary N) is 2. The van der Waals surface area contributed by atoms with Crippen molar-refractivity contribution < 1.29 is 9.53 Å². The number of aromatic nitrogens is 3. The molecule has 0 atom stereocenters. The quantitative estimate of drug-likeness (QED) is 0.644. The van der Waals surface area contributed by atoms with Gasteiger partial charge in [0, 0.05) is 56.0 Å². The monoisotopic (exact) mass is 433 g/mol. The van der Waals surface area contributed by atoms with Crippen molar-refractivity contribution in [1.82, 2.24) is 19.4 Å². The molecule has 0 aromatic carbocycles. The summed E-state index contributed by atoms with van der Waals surface area (Å²) in [4.78, 5) is 36.3. The van der Waals surface area contributed by atoms with Crippen LogP contribution in [-0.4, -0.2) is 58.2 Å². The zero-order chi connectivity index (χ0) is 21.9. The molecule has 4 heterocycles. The first-order chi connectivity index (χ1) is 15.7. The smallest absolute Gasteiger partial charge is 0.274 e. The van der Waals surface area contributed by atoms with Crippen molar-refractivity contribution in [2.75, 3.05) is 38.2 Å². The number of aryl methyl sites for hydroxylation is 2. The second-order valence-electron chi connectivity index (χ2n) is 8.25. The summed E-state index contributed by atoms with van der Waals surface area (Å²) in [6, 6.07) is 7.45. The van der Waals surface area contributed by atoms with Crippen LogP contribution in [0.2, 0.25) is 0 Å². The fourth-order valence-corrected chi connectivity index (χ4v) is 4.51. The molecule has 3 aromatic rings. The van der Waals surface area contributed by atoms with Gasteiger partial charge in [-0.2, -0.15) is 0 Å². The van der Waals surface area contributed by atoms with E-state index in [9.17, 15) is 9.59 Å². The fourth-order valence-electron chi connectivity index (χ4n) is 4.51. The second kappa shape index (κ2) is 9.10. The minimum absolute atomic E-state index is 0.200. The summed E-state index contributed by atoms with van der Waals surface area (Å²) >= 11 is 0. The Kier molecular flexibility index (Phi) is 5.87. The number of nitrogens with zero attached hydrogens (tertiary/aromatic N) is 3. The molecule has 1 fully saturated rings. The Morgan fingerprint density at radius 3 is 2.91 bits per heavy atom. The normalized spacial score (nSPS) is 16.1. The summed E-state index contributed by atoms with van der Waals surface area (Å²) in [5.41, 5.74) is 4.46. The van der Waals surface area contributed by atoms with E-state index >= 15 is 0 Å². The largest absolute Gasteiger partial charge is 0.379 e. The van der Waals surface area contributed by atoms with Gasteiger partial charge in [0.1, 0.15) is 5.69 Å². The Morgan fingerprint density at radius 2 is 2.03 bits per heavy atom. The van der Waals surface area contributed by atoms with Crippen LogP contribution in [0.1, 0.15) is 28.0 Å². The van der Waals surface area contributed by atoms with Crippen LogP contribution in [0.4, 0.5) is 5.69 Å². The Bertz CT molecular complexity index is 1180. The molecule has 0 saturated carbocycles. The molecular formula is C24H27N5O3. The van der Waals surface area contributed by atoms with E-state index in [-0.39, 0.29) is 17.2 Å². The van der Waals surface area contributed by atoms with Gasteiger partial charge in [-0.1, -0.05) is 6.07 Å². The van der Waals surface area contributed by atoms with Gasteiger partial charge in [0.05, 0.1) is 24.5 Å². The molecule has 1 aliphatic carbocycles. The number of ether oxygens (including phenoxy) is 1. The third-order valence-electron chi connectivity index (χ3n) is 6.24. The summed E-state index contributed by atoms with van der Waals surface area (Å²) in [6.07, 6.45) is 8.04. The Balaban J connectivity index is 1.37. The predicted molar refractivity (Wildman–Crippen MR) is 122 cm³/mol. The number of rotatable bonds is 5. The second-order valence-corrected chi connectivity index (χ2v) is 8.25. The molecule has 0 bridgehead atoms. The average Bonchev–Trinajstić information content (AvgIpc) is 3.16. The Morgan fingerprint density at radius 1 is 1.16 bits per heavy atom. The van der Waals surface area contributed by atoms with Crippen molar-refractivity contribution in [3.8, 4) is 11.3 Å². The lowest BCUT2D eigenvalue weighted by molar-refractivity contribution is 0.0363. The molecule has 166 valence electrons. The standard InChI is InChI=1S/C24H27N5O3/c30-23(18-16-26-19-6-1-4-17-5-2-8-25-22(17)21(18)19)27-20-7-3-9-29(24(20)31)11-10-28-12-14-32-15-13-28/h2-3,5,7-9,16,26H,1,4,6,10-15H2,(H,27,30). The van der Waals surface area contributed by atoms with E-state index in [0.717, 1.165) is 74.6 Å². The first kappa shape index (κ1) is 20.7.